The smallest absolute Gasteiger partial charge is 0.322 e. The van der Waals surface area contributed by atoms with Crippen molar-refractivity contribution >= 4 is 27.6 Å². The molecule has 7 nitrogen and oxygen atoms in total. The highest BCUT2D eigenvalue weighted by Gasteiger charge is 2.28. The molecule has 1 rings (SSSR count). The van der Waals surface area contributed by atoms with Crippen molar-refractivity contribution in [3.8, 4) is 0 Å². The molecule has 0 aliphatic heterocycles. The van der Waals surface area contributed by atoms with Crippen LogP contribution >= 0.6 is 0 Å². The van der Waals surface area contributed by atoms with Crippen LogP contribution in [0.15, 0.2) is 23.1 Å². The van der Waals surface area contributed by atoms with Crippen LogP contribution in [-0.4, -0.2) is 31.4 Å². The molecule has 0 spiro atoms. The fourth-order valence-electron chi connectivity index (χ4n) is 1.80. The minimum Gasteiger partial charge on any atom is -0.480 e. The molecular weight excluding hydrogens is 308 g/mol. The molecule has 1 amide bonds. The Morgan fingerprint density at radius 1 is 1.23 bits per heavy atom. The third-order valence-corrected chi connectivity index (χ3v) is 4.48. The number of carboxylic acid groups (broad SMARTS) is 1. The lowest BCUT2D eigenvalue weighted by atomic mass is 10.1. The second-order valence-electron chi connectivity index (χ2n) is 5.34. The van der Waals surface area contributed by atoms with Crippen molar-refractivity contribution in [1.82, 2.24) is 4.72 Å². The number of sulfonamides is 1. The van der Waals surface area contributed by atoms with Gasteiger partial charge in [-0.25, -0.2) is 8.42 Å². The fraction of sp³-hybridized carbons (Fsp3) is 0.429. The third-order valence-electron chi connectivity index (χ3n) is 3.04. The molecule has 0 fully saturated rings. The maximum absolute atomic E-state index is 12.3. The number of aryl methyl sites for hydroxylation is 1. The van der Waals surface area contributed by atoms with E-state index >= 15 is 0 Å². The van der Waals surface area contributed by atoms with Crippen molar-refractivity contribution in [3.63, 3.8) is 0 Å². The first kappa shape index (κ1) is 18.1. The molecule has 122 valence electrons. The Hall–Kier alpha value is -1.93. The Kier molecular flexibility index (Phi) is 5.67. The molecule has 3 N–H and O–H groups in total. The molecule has 0 bridgehead atoms. The molecular formula is C14H20N2O5S. The number of carbonyl (C=O) groups is 2. The van der Waals surface area contributed by atoms with Crippen molar-refractivity contribution in [2.75, 3.05) is 5.32 Å². The quantitative estimate of drug-likeness (QED) is 0.729. The summed E-state index contributed by atoms with van der Waals surface area (Å²) >= 11 is 0. The maximum atomic E-state index is 12.3. The summed E-state index contributed by atoms with van der Waals surface area (Å²) in [4.78, 5) is 22.2. The first-order valence-corrected chi connectivity index (χ1v) is 8.16. The van der Waals surface area contributed by atoms with Gasteiger partial charge >= 0.3 is 5.97 Å². The van der Waals surface area contributed by atoms with Crippen LogP contribution < -0.4 is 10.0 Å². The molecule has 0 saturated carbocycles. The summed E-state index contributed by atoms with van der Waals surface area (Å²) in [5, 5.41) is 11.6. The standard InChI is InChI=1S/C14H20N2O5S/c1-8(2)13(14(18)19)16-22(20,21)11-6-5-9(3)12(7-11)15-10(4)17/h5-8,13,16H,1-4H3,(H,15,17)(H,18,19)/t13-/m1/s1. The highest BCUT2D eigenvalue weighted by Crippen LogP contribution is 2.21. The second kappa shape index (κ2) is 6.89. The molecule has 0 aromatic heterocycles. The summed E-state index contributed by atoms with van der Waals surface area (Å²) in [6, 6.07) is 2.99. The summed E-state index contributed by atoms with van der Waals surface area (Å²) in [6.07, 6.45) is 0. The van der Waals surface area contributed by atoms with Crippen molar-refractivity contribution in [2.24, 2.45) is 5.92 Å². The number of aliphatic carboxylic acids is 1. The van der Waals surface area contributed by atoms with E-state index in [-0.39, 0.29) is 10.8 Å². The van der Waals surface area contributed by atoms with Crippen LogP contribution in [0, 0.1) is 12.8 Å². The molecule has 1 atom stereocenters. The molecule has 0 aliphatic carbocycles. The molecule has 0 aliphatic rings. The van der Waals surface area contributed by atoms with Crippen molar-refractivity contribution in [1.29, 1.82) is 0 Å². The van der Waals surface area contributed by atoms with E-state index in [1.54, 1.807) is 26.8 Å². The molecule has 8 heteroatoms. The van der Waals surface area contributed by atoms with Gasteiger partial charge in [0.1, 0.15) is 6.04 Å². The summed E-state index contributed by atoms with van der Waals surface area (Å²) < 4.78 is 26.8. The lowest BCUT2D eigenvalue weighted by molar-refractivity contribution is -0.140. The lowest BCUT2D eigenvalue weighted by Gasteiger charge is -2.18. The molecule has 0 saturated heterocycles. The van der Waals surface area contributed by atoms with Gasteiger partial charge in [-0.1, -0.05) is 19.9 Å². The molecule has 1 aromatic carbocycles. The number of carboxylic acids is 1. The van der Waals surface area contributed by atoms with Crippen LogP contribution in [0.5, 0.6) is 0 Å². The summed E-state index contributed by atoms with van der Waals surface area (Å²) in [6.45, 7) is 6.26. The Morgan fingerprint density at radius 3 is 2.27 bits per heavy atom. The summed E-state index contributed by atoms with van der Waals surface area (Å²) in [7, 11) is -4.01. The topological polar surface area (TPSA) is 113 Å². The monoisotopic (exact) mass is 328 g/mol. The minimum absolute atomic E-state index is 0.103. The van der Waals surface area contributed by atoms with Crippen molar-refractivity contribution < 1.29 is 23.1 Å². The SMILES string of the molecule is CC(=O)Nc1cc(S(=O)(=O)N[C@@H](C(=O)O)C(C)C)ccc1C. The highest BCUT2D eigenvalue weighted by molar-refractivity contribution is 7.89. The molecule has 0 unspecified atom stereocenters. The van der Waals surface area contributed by atoms with Gasteiger partial charge in [0.05, 0.1) is 4.90 Å². The Bertz CT molecular complexity index is 682. The largest absolute Gasteiger partial charge is 0.480 e. The van der Waals surface area contributed by atoms with Gasteiger partial charge in [0.25, 0.3) is 0 Å². The van der Waals surface area contributed by atoms with E-state index in [0.29, 0.717) is 11.3 Å². The highest BCUT2D eigenvalue weighted by atomic mass is 32.2. The van der Waals surface area contributed by atoms with Crippen molar-refractivity contribution in [3.05, 3.63) is 23.8 Å². The van der Waals surface area contributed by atoms with Gasteiger partial charge < -0.3 is 10.4 Å². The van der Waals surface area contributed by atoms with E-state index < -0.39 is 28.0 Å². The number of hydrogen-bond donors (Lipinski definition) is 3. The average molecular weight is 328 g/mol. The van der Waals surface area contributed by atoms with Gasteiger partial charge in [0.2, 0.25) is 15.9 Å². The lowest BCUT2D eigenvalue weighted by Crippen LogP contribution is -2.44. The summed E-state index contributed by atoms with van der Waals surface area (Å²) in [5.41, 5.74) is 1.07. The van der Waals surface area contributed by atoms with Gasteiger partial charge in [-0.05, 0) is 30.5 Å². The Morgan fingerprint density at radius 2 is 1.82 bits per heavy atom. The molecule has 22 heavy (non-hydrogen) atoms. The zero-order valence-corrected chi connectivity index (χ0v) is 13.7. The minimum atomic E-state index is -4.01. The number of nitrogens with one attached hydrogen (secondary N) is 2. The number of benzene rings is 1. The third kappa shape index (κ3) is 4.54. The van der Waals surface area contributed by atoms with E-state index in [0.717, 1.165) is 0 Å². The Labute approximate surface area is 129 Å². The van der Waals surface area contributed by atoms with Crippen LogP contribution in [0.3, 0.4) is 0 Å². The molecule has 0 radical (unpaired) electrons. The maximum Gasteiger partial charge on any atom is 0.322 e. The number of rotatable bonds is 6. The van der Waals surface area contributed by atoms with Gasteiger partial charge in [-0.2, -0.15) is 4.72 Å². The zero-order chi connectivity index (χ0) is 17.1. The predicted molar refractivity (Wildman–Crippen MR) is 82.1 cm³/mol. The van der Waals surface area contributed by atoms with Gasteiger partial charge in [0, 0.05) is 12.6 Å². The number of carbonyl (C=O) groups excluding carboxylic acids is 1. The van der Waals surface area contributed by atoms with Crippen LogP contribution in [0.2, 0.25) is 0 Å². The van der Waals surface area contributed by atoms with Crippen molar-refractivity contribution in [2.45, 2.75) is 38.6 Å². The van der Waals surface area contributed by atoms with E-state index in [4.69, 9.17) is 5.11 Å². The average Bonchev–Trinajstić information content (AvgIpc) is 2.37. The molecule has 1 aromatic rings. The van der Waals surface area contributed by atoms with Gasteiger partial charge in [0.15, 0.2) is 0 Å². The van der Waals surface area contributed by atoms with Crippen LogP contribution in [0.1, 0.15) is 26.3 Å². The van der Waals surface area contributed by atoms with E-state index in [1.807, 2.05) is 0 Å². The fourth-order valence-corrected chi connectivity index (χ4v) is 3.16. The molecule has 0 heterocycles. The Balaban J connectivity index is 3.17. The van der Waals surface area contributed by atoms with Crippen LogP contribution in [-0.2, 0) is 19.6 Å². The predicted octanol–water partition coefficient (Wildman–Crippen LogP) is 1.34. The summed E-state index contributed by atoms with van der Waals surface area (Å²) in [5.74, 6) is -1.98. The van der Waals surface area contributed by atoms with Crippen LogP contribution in [0.4, 0.5) is 5.69 Å². The second-order valence-corrected chi connectivity index (χ2v) is 7.05. The number of anilines is 1. The first-order chi connectivity index (χ1) is 10.0. The van der Waals surface area contributed by atoms with Gasteiger partial charge in [-0.3, -0.25) is 9.59 Å². The number of hydrogen-bond acceptors (Lipinski definition) is 4. The van der Waals surface area contributed by atoms with Crippen LogP contribution in [0.25, 0.3) is 0 Å². The zero-order valence-electron chi connectivity index (χ0n) is 12.9. The first-order valence-electron chi connectivity index (χ1n) is 6.68. The van der Waals surface area contributed by atoms with Gasteiger partial charge in [-0.15, -0.1) is 0 Å². The normalized spacial score (nSPS) is 13.0. The van der Waals surface area contributed by atoms with E-state index in [2.05, 4.69) is 10.0 Å². The number of amides is 1. The van der Waals surface area contributed by atoms with E-state index in [1.165, 1.54) is 19.1 Å². The van der Waals surface area contributed by atoms with E-state index in [9.17, 15) is 18.0 Å².